The second kappa shape index (κ2) is 7.70. The molecule has 0 aliphatic carbocycles. The molecule has 0 spiro atoms. The van der Waals surface area contributed by atoms with Crippen molar-refractivity contribution in [1.82, 2.24) is 5.32 Å². The van der Waals surface area contributed by atoms with Crippen LogP contribution < -0.4 is 10.6 Å². The third-order valence-electron chi connectivity index (χ3n) is 2.56. The molecule has 0 heterocycles. The fourth-order valence-electron chi connectivity index (χ4n) is 1.71. The van der Waals surface area contributed by atoms with Gasteiger partial charge < -0.3 is 10.6 Å². The molecule has 1 unspecified atom stereocenters. The van der Waals surface area contributed by atoms with E-state index in [1.165, 1.54) is 12.1 Å². The van der Waals surface area contributed by atoms with E-state index in [1.54, 1.807) is 0 Å². The molecule has 106 valence electrons. The highest BCUT2D eigenvalue weighted by atomic mass is 79.9. The summed E-state index contributed by atoms with van der Waals surface area (Å²) < 4.78 is 13.5. The molecule has 0 bridgehead atoms. The highest BCUT2D eigenvalue weighted by Crippen LogP contribution is 2.31. The summed E-state index contributed by atoms with van der Waals surface area (Å²) in [5, 5.41) is 6.00. The first-order chi connectivity index (χ1) is 8.93. The number of carbonyl (C=O) groups excluding carboxylic acids is 1. The van der Waals surface area contributed by atoms with Gasteiger partial charge in [-0.15, -0.1) is 0 Å². The van der Waals surface area contributed by atoms with Crippen LogP contribution in [0.25, 0.3) is 0 Å². The maximum Gasteiger partial charge on any atom is 0.239 e. The molecule has 0 fully saturated rings. The summed E-state index contributed by atoms with van der Waals surface area (Å²) >= 11 is 9.11. The number of amides is 1. The van der Waals surface area contributed by atoms with Crippen molar-refractivity contribution in [2.75, 3.05) is 11.9 Å². The summed E-state index contributed by atoms with van der Waals surface area (Å²) in [4.78, 5) is 11.7. The Morgan fingerprint density at radius 3 is 2.79 bits per heavy atom. The van der Waals surface area contributed by atoms with Crippen LogP contribution >= 0.6 is 27.5 Å². The molecule has 1 rings (SSSR count). The van der Waals surface area contributed by atoms with Gasteiger partial charge in [-0.3, -0.25) is 4.79 Å². The van der Waals surface area contributed by atoms with Crippen molar-refractivity contribution in [2.24, 2.45) is 0 Å². The SMILES string of the molecule is CCCC(C)NC(=O)CNc1c(Cl)cc(F)cc1Br. The molecule has 1 aromatic carbocycles. The van der Waals surface area contributed by atoms with Crippen molar-refractivity contribution >= 4 is 39.1 Å². The van der Waals surface area contributed by atoms with E-state index >= 15 is 0 Å². The van der Waals surface area contributed by atoms with E-state index in [2.05, 4.69) is 33.5 Å². The predicted octanol–water partition coefficient (Wildman–Crippen LogP) is 3.96. The van der Waals surface area contributed by atoms with E-state index in [4.69, 9.17) is 11.6 Å². The molecule has 0 radical (unpaired) electrons. The summed E-state index contributed by atoms with van der Waals surface area (Å²) in [5.41, 5.74) is 0.515. The van der Waals surface area contributed by atoms with Crippen molar-refractivity contribution in [3.63, 3.8) is 0 Å². The maximum absolute atomic E-state index is 13.0. The van der Waals surface area contributed by atoms with E-state index in [0.29, 0.717) is 10.2 Å². The van der Waals surface area contributed by atoms with Crippen molar-refractivity contribution < 1.29 is 9.18 Å². The van der Waals surface area contributed by atoms with Crippen molar-refractivity contribution in [1.29, 1.82) is 0 Å². The van der Waals surface area contributed by atoms with Crippen LogP contribution in [0.1, 0.15) is 26.7 Å². The van der Waals surface area contributed by atoms with E-state index < -0.39 is 5.82 Å². The van der Waals surface area contributed by atoms with E-state index in [1.807, 2.05) is 6.92 Å². The van der Waals surface area contributed by atoms with Crippen molar-refractivity contribution in [2.45, 2.75) is 32.7 Å². The molecule has 0 saturated heterocycles. The van der Waals surface area contributed by atoms with Gasteiger partial charge in [-0.05, 0) is 41.4 Å². The topological polar surface area (TPSA) is 41.1 Å². The minimum atomic E-state index is -0.427. The number of hydrogen-bond acceptors (Lipinski definition) is 2. The lowest BCUT2D eigenvalue weighted by Gasteiger charge is -2.14. The Morgan fingerprint density at radius 2 is 2.21 bits per heavy atom. The lowest BCUT2D eigenvalue weighted by Crippen LogP contribution is -2.36. The van der Waals surface area contributed by atoms with Crippen LogP contribution in [0.5, 0.6) is 0 Å². The fraction of sp³-hybridized carbons (Fsp3) is 0.462. The zero-order chi connectivity index (χ0) is 14.4. The summed E-state index contributed by atoms with van der Waals surface area (Å²) in [7, 11) is 0. The first-order valence-electron chi connectivity index (χ1n) is 6.11. The van der Waals surface area contributed by atoms with E-state index in [-0.39, 0.29) is 23.5 Å². The van der Waals surface area contributed by atoms with Crippen LogP contribution in [-0.2, 0) is 4.79 Å². The summed E-state index contributed by atoms with van der Waals surface area (Å²) in [5.74, 6) is -0.545. The van der Waals surface area contributed by atoms with Gasteiger partial charge in [0.2, 0.25) is 5.91 Å². The van der Waals surface area contributed by atoms with Gasteiger partial charge in [0.1, 0.15) is 5.82 Å². The third-order valence-corrected chi connectivity index (χ3v) is 3.49. The lowest BCUT2D eigenvalue weighted by atomic mass is 10.2. The summed E-state index contributed by atoms with van der Waals surface area (Å²) in [6, 6.07) is 2.64. The average Bonchev–Trinajstić information content (AvgIpc) is 2.27. The largest absolute Gasteiger partial charge is 0.374 e. The van der Waals surface area contributed by atoms with Gasteiger partial charge in [0, 0.05) is 10.5 Å². The minimum Gasteiger partial charge on any atom is -0.374 e. The highest BCUT2D eigenvalue weighted by molar-refractivity contribution is 9.10. The number of rotatable bonds is 6. The molecular formula is C13H17BrClFN2O. The predicted molar refractivity (Wildman–Crippen MR) is 80.1 cm³/mol. The zero-order valence-corrected chi connectivity index (χ0v) is 13.2. The summed E-state index contributed by atoms with van der Waals surface area (Å²) in [6.07, 6.45) is 1.96. The number of carbonyl (C=O) groups is 1. The molecule has 2 N–H and O–H groups in total. The molecule has 1 atom stereocenters. The van der Waals surface area contributed by atoms with Gasteiger partial charge in [0.25, 0.3) is 0 Å². The second-order valence-corrected chi connectivity index (χ2v) is 5.62. The molecule has 0 saturated carbocycles. The molecule has 1 aromatic rings. The number of hydrogen-bond donors (Lipinski definition) is 2. The smallest absolute Gasteiger partial charge is 0.239 e. The zero-order valence-electron chi connectivity index (χ0n) is 10.9. The number of anilines is 1. The van der Waals surface area contributed by atoms with Crippen LogP contribution in [0.15, 0.2) is 16.6 Å². The van der Waals surface area contributed by atoms with Gasteiger partial charge in [-0.2, -0.15) is 0 Å². The standard InChI is InChI=1S/C13H17BrClFN2O/c1-3-4-8(2)18-12(19)7-17-13-10(14)5-9(16)6-11(13)15/h5-6,8,17H,3-4,7H2,1-2H3,(H,18,19). The fourth-order valence-corrected chi connectivity index (χ4v) is 2.67. The van der Waals surface area contributed by atoms with Crippen molar-refractivity contribution in [3.05, 3.63) is 27.4 Å². The Labute approximate surface area is 126 Å². The third kappa shape index (κ3) is 5.37. The van der Waals surface area contributed by atoms with Crippen LogP contribution in [0.3, 0.4) is 0 Å². The quantitative estimate of drug-likeness (QED) is 0.814. The molecule has 0 aromatic heterocycles. The minimum absolute atomic E-state index is 0.0952. The van der Waals surface area contributed by atoms with E-state index in [9.17, 15) is 9.18 Å². The van der Waals surface area contributed by atoms with Gasteiger partial charge in [-0.1, -0.05) is 24.9 Å². The molecule has 0 aliphatic rings. The molecular weight excluding hydrogens is 335 g/mol. The number of benzene rings is 1. The van der Waals surface area contributed by atoms with Crippen LogP contribution in [-0.4, -0.2) is 18.5 Å². The lowest BCUT2D eigenvalue weighted by molar-refractivity contribution is -0.120. The van der Waals surface area contributed by atoms with Crippen LogP contribution in [0.2, 0.25) is 5.02 Å². The van der Waals surface area contributed by atoms with E-state index in [0.717, 1.165) is 12.8 Å². The average molecular weight is 352 g/mol. The molecule has 3 nitrogen and oxygen atoms in total. The van der Waals surface area contributed by atoms with Gasteiger partial charge in [0.15, 0.2) is 0 Å². The Kier molecular flexibility index (Phi) is 6.58. The molecule has 6 heteroatoms. The van der Waals surface area contributed by atoms with Gasteiger partial charge in [-0.25, -0.2) is 4.39 Å². The molecule has 19 heavy (non-hydrogen) atoms. The maximum atomic E-state index is 13.0. The number of nitrogens with one attached hydrogen (secondary N) is 2. The Balaban J connectivity index is 2.55. The van der Waals surface area contributed by atoms with Crippen LogP contribution in [0.4, 0.5) is 10.1 Å². The normalized spacial score (nSPS) is 12.1. The summed E-state index contributed by atoms with van der Waals surface area (Å²) in [6.45, 7) is 4.12. The Morgan fingerprint density at radius 1 is 1.53 bits per heavy atom. The van der Waals surface area contributed by atoms with Crippen molar-refractivity contribution in [3.8, 4) is 0 Å². The molecule has 1 amide bonds. The van der Waals surface area contributed by atoms with Gasteiger partial charge in [0.05, 0.1) is 17.3 Å². The first-order valence-corrected chi connectivity index (χ1v) is 7.29. The first kappa shape index (κ1) is 16.2. The van der Waals surface area contributed by atoms with Gasteiger partial charge >= 0.3 is 0 Å². The Hall–Kier alpha value is -0.810. The Bertz CT molecular complexity index is 433. The molecule has 0 aliphatic heterocycles. The monoisotopic (exact) mass is 350 g/mol. The highest BCUT2D eigenvalue weighted by Gasteiger charge is 2.10. The second-order valence-electron chi connectivity index (χ2n) is 4.36. The number of halogens is 3. The van der Waals surface area contributed by atoms with Crippen LogP contribution in [0, 0.1) is 5.82 Å².